The summed E-state index contributed by atoms with van der Waals surface area (Å²) >= 11 is 0. The van der Waals surface area contributed by atoms with Crippen LogP contribution in [-0.2, 0) is 6.54 Å². The Labute approximate surface area is 211 Å². The van der Waals surface area contributed by atoms with E-state index < -0.39 is 0 Å². The molecule has 2 aromatic heterocycles. The van der Waals surface area contributed by atoms with Crippen LogP contribution in [0.4, 0.5) is 5.95 Å². The molecule has 0 bridgehead atoms. The van der Waals surface area contributed by atoms with Gasteiger partial charge in [0.05, 0.1) is 11.7 Å². The molecular formula is C28H31N7O. The van der Waals surface area contributed by atoms with E-state index in [-0.39, 0.29) is 11.9 Å². The topological polar surface area (TPSA) is 95.1 Å². The number of pyridine rings is 1. The number of anilines is 1. The van der Waals surface area contributed by atoms with Crippen LogP contribution in [0, 0.1) is 0 Å². The average Bonchev–Trinajstić information content (AvgIpc) is 2.92. The second kappa shape index (κ2) is 11.2. The Morgan fingerprint density at radius 1 is 1.11 bits per heavy atom. The molecule has 1 aliphatic carbocycles. The number of piperazine rings is 1. The minimum Gasteiger partial charge on any atom is -0.345 e. The van der Waals surface area contributed by atoms with Crippen molar-refractivity contribution in [1.82, 2.24) is 30.5 Å². The minimum atomic E-state index is -0.120. The summed E-state index contributed by atoms with van der Waals surface area (Å²) < 4.78 is 0. The van der Waals surface area contributed by atoms with Crippen molar-refractivity contribution in [3.8, 4) is 11.3 Å². The first-order valence-corrected chi connectivity index (χ1v) is 12.4. The zero-order chi connectivity index (χ0) is 24.7. The molecule has 1 atom stereocenters. The molecule has 8 nitrogen and oxygen atoms in total. The van der Waals surface area contributed by atoms with Gasteiger partial charge in [-0.3, -0.25) is 14.7 Å². The molecule has 3 N–H and O–H groups in total. The number of aromatic nitrogens is 3. The van der Waals surface area contributed by atoms with Crippen LogP contribution in [0.2, 0.25) is 0 Å². The largest absolute Gasteiger partial charge is 0.345 e. The van der Waals surface area contributed by atoms with Crippen LogP contribution >= 0.6 is 0 Å². The molecule has 8 heteroatoms. The molecule has 1 unspecified atom stereocenters. The van der Waals surface area contributed by atoms with Crippen molar-refractivity contribution < 1.29 is 4.79 Å². The van der Waals surface area contributed by atoms with Crippen molar-refractivity contribution in [1.29, 1.82) is 0 Å². The van der Waals surface area contributed by atoms with E-state index in [2.05, 4.69) is 54.0 Å². The molecule has 1 fully saturated rings. The molecule has 184 valence electrons. The lowest BCUT2D eigenvalue weighted by Crippen LogP contribution is -2.42. The Balaban J connectivity index is 1.22. The number of hydrogen-bond donors (Lipinski definition) is 3. The van der Waals surface area contributed by atoms with Gasteiger partial charge in [-0.25, -0.2) is 9.97 Å². The van der Waals surface area contributed by atoms with E-state index in [1.54, 1.807) is 18.6 Å². The van der Waals surface area contributed by atoms with Gasteiger partial charge in [0.1, 0.15) is 0 Å². The predicted molar refractivity (Wildman–Crippen MR) is 141 cm³/mol. The lowest BCUT2D eigenvalue weighted by Gasteiger charge is -2.27. The Morgan fingerprint density at radius 3 is 2.72 bits per heavy atom. The first-order valence-electron chi connectivity index (χ1n) is 12.4. The summed E-state index contributed by atoms with van der Waals surface area (Å²) in [6, 6.07) is 13.5. The summed E-state index contributed by atoms with van der Waals surface area (Å²) in [6.07, 6.45) is 10.1. The van der Waals surface area contributed by atoms with E-state index in [4.69, 9.17) is 0 Å². The van der Waals surface area contributed by atoms with Gasteiger partial charge < -0.3 is 16.0 Å². The smallest absolute Gasteiger partial charge is 0.251 e. The maximum atomic E-state index is 12.9. The standard InChI is InChI=1S/C28H31N7O/c1-20-4-9-24(17-26(20)34-28-31-12-10-25(33-28)23-3-2-11-30-18-23)32-27(36)22-7-5-21(6-8-22)19-35-15-13-29-14-16-35/h2-8,10-12,17-18,24,29H,9,13-16,19H2,1H3,(H,32,36)(H,31,33,34). The molecule has 1 aromatic carbocycles. The molecule has 1 amide bonds. The first-order chi connectivity index (χ1) is 17.6. The molecule has 2 aliphatic rings. The van der Waals surface area contributed by atoms with E-state index in [0.717, 1.165) is 61.7 Å². The van der Waals surface area contributed by atoms with Crippen molar-refractivity contribution in [2.45, 2.75) is 25.9 Å². The number of hydrogen-bond acceptors (Lipinski definition) is 7. The van der Waals surface area contributed by atoms with Crippen molar-refractivity contribution in [3.05, 3.63) is 95.6 Å². The number of allylic oxidation sites excluding steroid dienone is 1. The molecule has 3 heterocycles. The molecule has 1 saturated heterocycles. The van der Waals surface area contributed by atoms with Gasteiger partial charge in [-0.05, 0) is 60.9 Å². The van der Waals surface area contributed by atoms with Gasteiger partial charge >= 0.3 is 0 Å². The Bertz CT molecular complexity index is 1250. The van der Waals surface area contributed by atoms with E-state index in [9.17, 15) is 4.79 Å². The molecule has 0 radical (unpaired) electrons. The number of nitrogens with one attached hydrogen (secondary N) is 3. The Kier molecular flexibility index (Phi) is 7.44. The maximum absolute atomic E-state index is 12.9. The number of benzene rings is 1. The molecule has 0 saturated carbocycles. The third-order valence-electron chi connectivity index (χ3n) is 6.48. The van der Waals surface area contributed by atoms with Crippen molar-refractivity contribution >= 4 is 11.9 Å². The molecule has 5 rings (SSSR count). The highest BCUT2D eigenvalue weighted by Gasteiger charge is 2.18. The number of carbonyl (C=O) groups is 1. The monoisotopic (exact) mass is 481 g/mol. The molecule has 3 aromatic rings. The summed E-state index contributed by atoms with van der Waals surface area (Å²) in [4.78, 5) is 28.5. The fourth-order valence-corrected chi connectivity index (χ4v) is 4.41. The van der Waals surface area contributed by atoms with Gasteiger partial charge in [-0.15, -0.1) is 0 Å². The average molecular weight is 482 g/mol. The fourth-order valence-electron chi connectivity index (χ4n) is 4.41. The van der Waals surface area contributed by atoms with E-state index in [1.807, 2.05) is 43.3 Å². The van der Waals surface area contributed by atoms with E-state index >= 15 is 0 Å². The summed E-state index contributed by atoms with van der Waals surface area (Å²) in [7, 11) is 0. The summed E-state index contributed by atoms with van der Waals surface area (Å²) in [5, 5.41) is 9.84. The number of nitrogens with zero attached hydrogens (tertiary/aromatic N) is 4. The zero-order valence-electron chi connectivity index (χ0n) is 20.4. The summed E-state index contributed by atoms with van der Waals surface area (Å²) in [5.74, 6) is 0.425. The third-order valence-corrected chi connectivity index (χ3v) is 6.48. The van der Waals surface area contributed by atoms with Gasteiger partial charge in [-0.2, -0.15) is 0 Å². The Morgan fingerprint density at radius 2 is 1.94 bits per heavy atom. The van der Waals surface area contributed by atoms with Crippen molar-refractivity contribution in [2.75, 3.05) is 31.5 Å². The van der Waals surface area contributed by atoms with Crippen LogP contribution in [0.5, 0.6) is 0 Å². The van der Waals surface area contributed by atoms with Gasteiger partial charge in [0, 0.05) is 68.1 Å². The molecular weight excluding hydrogens is 450 g/mol. The SMILES string of the molecule is CC1=CCC(NC(=O)c2ccc(CN3CCNCC3)cc2)C=C1Nc1nccc(-c2cccnc2)n1. The van der Waals surface area contributed by atoms with E-state index in [1.165, 1.54) is 5.56 Å². The third kappa shape index (κ3) is 6.02. The molecule has 36 heavy (non-hydrogen) atoms. The molecule has 0 spiro atoms. The number of carbonyl (C=O) groups excluding carboxylic acids is 1. The summed E-state index contributed by atoms with van der Waals surface area (Å²) in [6.45, 7) is 7.12. The van der Waals surface area contributed by atoms with Gasteiger partial charge in [0.15, 0.2) is 0 Å². The fraction of sp³-hybridized carbons (Fsp3) is 0.286. The van der Waals surface area contributed by atoms with Crippen LogP contribution in [0.3, 0.4) is 0 Å². The number of rotatable bonds is 7. The van der Waals surface area contributed by atoms with Crippen LogP contribution in [0.25, 0.3) is 11.3 Å². The zero-order valence-corrected chi connectivity index (χ0v) is 20.4. The van der Waals surface area contributed by atoms with Crippen LogP contribution in [0.15, 0.2) is 84.5 Å². The Hall–Kier alpha value is -3.88. The van der Waals surface area contributed by atoms with Crippen LogP contribution in [0.1, 0.15) is 29.3 Å². The minimum absolute atomic E-state index is 0.0768. The first kappa shape index (κ1) is 23.8. The summed E-state index contributed by atoms with van der Waals surface area (Å²) in [5.41, 5.74) is 5.60. The highest BCUT2D eigenvalue weighted by Crippen LogP contribution is 2.22. The highest BCUT2D eigenvalue weighted by atomic mass is 16.1. The van der Waals surface area contributed by atoms with Crippen LogP contribution in [-0.4, -0.2) is 58.0 Å². The highest BCUT2D eigenvalue weighted by molar-refractivity contribution is 5.94. The second-order valence-electron chi connectivity index (χ2n) is 9.14. The lowest BCUT2D eigenvalue weighted by atomic mass is 10.00. The van der Waals surface area contributed by atoms with E-state index in [0.29, 0.717) is 11.5 Å². The molecule has 1 aliphatic heterocycles. The lowest BCUT2D eigenvalue weighted by molar-refractivity contribution is 0.0944. The number of amides is 1. The second-order valence-corrected chi connectivity index (χ2v) is 9.14. The van der Waals surface area contributed by atoms with Gasteiger partial charge in [0.2, 0.25) is 5.95 Å². The quantitative estimate of drug-likeness (QED) is 0.476. The van der Waals surface area contributed by atoms with Gasteiger partial charge in [0.25, 0.3) is 5.91 Å². The van der Waals surface area contributed by atoms with Crippen LogP contribution < -0.4 is 16.0 Å². The van der Waals surface area contributed by atoms with Gasteiger partial charge in [-0.1, -0.05) is 18.2 Å². The maximum Gasteiger partial charge on any atom is 0.251 e. The predicted octanol–water partition coefficient (Wildman–Crippen LogP) is 3.39. The van der Waals surface area contributed by atoms with Crippen molar-refractivity contribution in [3.63, 3.8) is 0 Å². The normalized spacial score (nSPS) is 18.2. The van der Waals surface area contributed by atoms with Crippen molar-refractivity contribution in [2.24, 2.45) is 0 Å².